The summed E-state index contributed by atoms with van der Waals surface area (Å²) in [5.74, 6) is 0. The van der Waals surface area contributed by atoms with Crippen LogP contribution in [0.5, 0.6) is 0 Å². The normalized spacial score (nSPS) is 16.9. The van der Waals surface area contributed by atoms with Gasteiger partial charge >= 0.3 is 6.09 Å². The lowest BCUT2D eigenvalue weighted by atomic mass is 10.1. The molecule has 4 rings (SSSR count). The van der Waals surface area contributed by atoms with E-state index in [0.717, 1.165) is 28.1 Å². The fraction of sp³-hybridized carbons (Fsp3) is 0.409. The van der Waals surface area contributed by atoms with Crippen molar-refractivity contribution in [1.82, 2.24) is 13.8 Å². The van der Waals surface area contributed by atoms with Crippen LogP contribution in [-0.4, -0.2) is 76.5 Å². The van der Waals surface area contributed by atoms with Crippen molar-refractivity contribution in [2.45, 2.75) is 31.5 Å². The molecular formula is C22H27N3O5S. The molecule has 1 aromatic heterocycles. The Balaban J connectivity index is 1.56. The number of fused-ring (bicyclic) bond motifs is 3. The predicted molar refractivity (Wildman–Crippen MR) is 120 cm³/mol. The molecule has 0 radical (unpaired) electrons. The number of piperidine rings is 1. The Kier molecular flexibility index (Phi) is 5.92. The van der Waals surface area contributed by atoms with Gasteiger partial charge in [-0.25, -0.2) is 13.2 Å². The van der Waals surface area contributed by atoms with E-state index in [1.165, 1.54) is 9.21 Å². The molecule has 166 valence electrons. The van der Waals surface area contributed by atoms with Crippen LogP contribution in [0.25, 0.3) is 21.8 Å². The maximum Gasteiger partial charge on any atom is 0.407 e. The van der Waals surface area contributed by atoms with Gasteiger partial charge in [0.05, 0.1) is 18.9 Å². The molecule has 8 nitrogen and oxygen atoms in total. The van der Waals surface area contributed by atoms with E-state index in [9.17, 15) is 18.3 Å². The third-order valence-electron chi connectivity index (χ3n) is 6.03. The second kappa shape index (κ2) is 8.49. The van der Waals surface area contributed by atoms with Gasteiger partial charge < -0.3 is 19.7 Å². The van der Waals surface area contributed by atoms with Gasteiger partial charge in [0, 0.05) is 47.5 Å². The van der Waals surface area contributed by atoms with Crippen LogP contribution in [0.2, 0.25) is 0 Å². The first-order valence-electron chi connectivity index (χ1n) is 10.3. The first-order valence-corrected chi connectivity index (χ1v) is 12.2. The predicted octanol–water partition coefficient (Wildman–Crippen LogP) is 2.56. The van der Waals surface area contributed by atoms with Crippen molar-refractivity contribution < 1.29 is 23.4 Å². The minimum absolute atomic E-state index is 0.0304. The Morgan fingerprint density at radius 3 is 2.06 bits per heavy atom. The molecule has 2 heterocycles. The summed E-state index contributed by atoms with van der Waals surface area (Å²) in [6.07, 6.45) is 0.0781. The average Bonchev–Trinajstić information content (AvgIpc) is 3.05. The molecule has 0 aliphatic carbocycles. The number of carboxylic acid groups (broad SMARTS) is 1. The Morgan fingerprint density at radius 2 is 1.58 bits per heavy atom. The summed E-state index contributed by atoms with van der Waals surface area (Å²) in [6, 6.07) is 15.6. The lowest BCUT2D eigenvalue weighted by Crippen LogP contribution is -2.50. The largest absolute Gasteiger partial charge is 0.465 e. The van der Waals surface area contributed by atoms with Crippen LogP contribution in [0.4, 0.5) is 4.79 Å². The van der Waals surface area contributed by atoms with E-state index in [0.29, 0.717) is 12.8 Å². The number of aliphatic hydroxyl groups excluding tert-OH is 1. The first kappa shape index (κ1) is 21.6. The number of hydrogen-bond acceptors (Lipinski definition) is 4. The van der Waals surface area contributed by atoms with Gasteiger partial charge in [0.25, 0.3) is 0 Å². The van der Waals surface area contributed by atoms with Crippen LogP contribution >= 0.6 is 0 Å². The van der Waals surface area contributed by atoms with E-state index in [-0.39, 0.29) is 32.2 Å². The Morgan fingerprint density at radius 1 is 1.06 bits per heavy atom. The zero-order valence-corrected chi connectivity index (χ0v) is 18.2. The van der Waals surface area contributed by atoms with E-state index >= 15 is 0 Å². The molecule has 1 atom stereocenters. The summed E-state index contributed by atoms with van der Waals surface area (Å²) in [4.78, 5) is 12.4. The summed E-state index contributed by atoms with van der Waals surface area (Å²) in [5, 5.41) is 22.2. The molecule has 1 saturated heterocycles. The van der Waals surface area contributed by atoms with Gasteiger partial charge in [-0.3, -0.25) is 0 Å². The lowest BCUT2D eigenvalue weighted by Gasteiger charge is -2.37. The van der Waals surface area contributed by atoms with Crippen LogP contribution in [0, 0.1) is 0 Å². The van der Waals surface area contributed by atoms with Crippen molar-refractivity contribution in [2.75, 3.05) is 25.9 Å². The average molecular weight is 446 g/mol. The van der Waals surface area contributed by atoms with Crippen molar-refractivity contribution in [3.63, 3.8) is 0 Å². The molecule has 1 amide bonds. The maximum absolute atomic E-state index is 12.5. The number of likely N-dealkylation sites (tertiary alicyclic amines) is 1. The maximum atomic E-state index is 12.5. The van der Waals surface area contributed by atoms with Gasteiger partial charge in [-0.05, 0) is 25.0 Å². The topological polar surface area (TPSA) is 103 Å². The van der Waals surface area contributed by atoms with Crippen LogP contribution < -0.4 is 0 Å². The Hall–Kier alpha value is -2.62. The van der Waals surface area contributed by atoms with Crippen LogP contribution in [0.15, 0.2) is 48.5 Å². The highest BCUT2D eigenvalue weighted by Crippen LogP contribution is 2.29. The SMILES string of the molecule is CS(=O)(=O)N(CC(O)Cn1c2ccccc2c2ccccc21)C1CCN(C(=O)O)CC1. The fourth-order valence-electron chi connectivity index (χ4n) is 4.58. The van der Waals surface area contributed by atoms with E-state index < -0.39 is 22.2 Å². The van der Waals surface area contributed by atoms with E-state index in [1.54, 1.807) is 0 Å². The van der Waals surface area contributed by atoms with Crippen molar-refractivity contribution >= 4 is 37.9 Å². The monoisotopic (exact) mass is 445 g/mol. The summed E-state index contributed by atoms with van der Waals surface area (Å²) in [6.45, 7) is 0.801. The number of nitrogens with zero attached hydrogens (tertiary/aromatic N) is 3. The van der Waals surface area contributed by atoms with E-state index in [4.69, 9.17) is 5.11 Å². The Labute approximate surface area is 181 Å². The molecule has 2 N–H and O–H groups in total. The second-order valence-electron chi connectivity index (χ2n) is 8.13. The highest BCUT2D eigenvalue weighted by Gasteiger charge is 2.33. The van der Waals surface area contributed by atoms with E-state index in [2.05, 4.69) is 0 Å². The Bertz CT molecular complexity index is 1150. The molecule has 0 spiro atoms. The molecule has 0 saturated carbocycles. The van der Waals surface area contributed by atoms with Gasteiger partial charge in [-0.15, -0.1) is 0 Å². The molecule has 1 unspecified atom stereocenters. The number of sulfonamides is 1. The number of aromatic nitrogens is 1. The molecule has 2 aromatic carbocycles. The van der Waals surface area contributed by atoms with Gasteiger partial charge in [0.15, 0.2) is 0 Å². The summed E-state index contributed by atoms with van der Waals surface area (Å²) in [5.41, 5.74) is 1.98. The molecule has 0 bridgehead atoms. The smallest absolute Gasteiger partial charge is 0.407 e. The van der Waals surface area contributed by atoms with Gasteiger partial charge in [0.1, 0.15) is 0 Å². The molecule has 3 aromatic rings. The zero-order chi connectivity index (χ0) is 22.2. The third kappa shape index (κ3) is 4.39. The molecule has 1 fully saturated rings. The first-order chi connectivity index (χ1) is 14.8. The number of benzene rings is 2. The van der Waals surface area contributed by atoms with Gasteiger partial charge in [-0.1, -0.05) is 36.4 Å². The second-order valence-corrected chi connectivity index (χ2v) is 10.1. The fourth-order valence-corrected chi connectivity index (χ4v) is 5.77. The van der Waals surface area contributed by atoms with Crippen molar-refractivity contribution in [1.29, 1.82) is 0 Å². The van der Waals surface area contributed by atoms with Crippen LogP contribution in [-0.2, 0) is 16.6 Å². The number of para-hydroxylation sites is 2. The van der Waals surface area contributed by atoms with Crippen molar-refractivity contribution in [3.05, 3.63) is 48.5 Å². The van der Waals surface area contributed by atoms with Gasteiger partial charge in [-0.2, -0.15) is 4.31 Å². The van der Waals surface area contributed by atoms with Crippen LogP contribution in [0.1, 0.15) is 12.8 Å². The molecular weight excluding hydrogens is 418 g/mol. The molecule has 1 aliphatic rings. The quantitative estimate of drug-likeness (QED) is 0.607. The van der Waals surface area contributed by atoms with Crippen molar-refractivity contribution in [2.24, 2.45) is 0 Å². The minimum atomic E-state index is -3.56. The minimum Gasteiger partial charge on any atom is -0.465 e. The zero-order valence-electron chi connectivity index (χ0n) is 17.4. The van der Waals surface area contributed by atoms with Crippen LogP contribution in [0.3, 0.4) is 0 Å². The summed E-state index contributed by atoms with van der Waals surface area (Å²) < 4.78 is 28.3. The molecule has 31 heavy (non-hydrogen) atoms. The summed E-state index contributed by atoms with van der Waals surface area (Å²) >= 11 is 0. The third-order valence-corrected chi connectivity index (χ3v) is 7.33. The summed E-state index contributed by atoms with van der Waals surface area (Å²) in [7, 11) is -3.56. The number of rotatable bonds is 6. The van der Waals surface area contributed by atoms with E-state index in [1.807, 2.05) is 53.1 Å². The van der Waals surface area contributed by atoms with Gasteiger partial charge in [0.2, 0.25) is 10.0 Å². The highest BCUT2D eigenvalue weighted by molar-refractivity contribution is 7.88. The molecule has 1 aliphatic heterocycles. The highest BCUT2D eigenvalue weighted by atomic mass is 32.2. The molecule has 9 heteroatoms. The standard InChI is InChI=1S/C22H27N3O5S/c1-31(29,30)25(16-10-12-23(13-11-16)22(27)28)15-17(26)14-24-20-8-4-2-6-18(20)19-7-3-5-9-21(19)24/h2-9,16-17,26H,10-15H2,1H3,(H,27,28). The number of carbonyl (C=O) groups is 1. The number of amides is 1. The number of aliphatic hydroxyl groups is 1. The lowest BCUT2D eigenvalue weighted by molar-refractivity contribution is 0.0901. The number of hydrogen-bond donors (Lipinski definition) is 2. The van der Waals surface area contributed by atoms with Crippen molar-refractivity contribution in [3.8, 4) is 0 Å².